The van der Waals surface area contributed by atoms with E-state index in [-0.39, 0.29) is 12.4 Å². The number of hydrogen-bond acceptors (Lipinski definition) is 2. The molecule has 0 saturated heterocycles. The molecule has 4 aliphatic rings. The zero-order chi connectivity index (χ0) is 14.7. The molecule has 0 N–H and O–H groups in total. The van der Waals surface area contributed by atoms with E-state index in [4.69, 9.17) is 4.98 Å². The smallest absolute Gasteiger partial charge is 0.123 e. The van der Waals surface area contributed by atoms with Crippen LogP contribution in [-0.2, 0) is 5.41 Å². The number of thiazole rings is 1. The van der Waals surface area contributed by atoms with Crippen molar-refractivity contribution < 1.29 is 0 Å². The summed E-state index contributed by atoms with van der Waals surface area (Å²) in [5.74, 6) is 2.98. The lowest BCUT2D eigenvalue weighted by Gasteiger charge is -2.56. The van der Waals surface area contributed by atoms with Crippen molar-refractivity contribution >= 4 is 23.7 Å². The molecule has 2 aromatic rings. The third-order valence-corrected chi connectivity index (χ3v) is 7.38. The molecule has 1 aromatic heterocycles. The van der Waals surface area contributed by atoms with E-state index in [9.17, 15) is 0 Å². The van der Waals surface area contributed by atoms with Crippen LogP contribution in [0.15, 0.2) is 30.3 Å². The Morgan fingerprint density at radius 1 is 0.957 bits per heavy atom. The largest absolute Gasteiger partial charge is 0.240 e. The Morgan fingerprint density at radius 3 is 2.09 bits per heavy atom. The van der Waals surface area contributed by atoms with Gasteiger partial charge in [-0.15, -0.1) is 23.7 Å². The average Bonchev–Trinajstić information content (AvgIpc) is 2.90. The number of nitrogens with zero attached hydrogens (tertiary/aromatic N) is 1. The van der Waals surface area contributed by atoms with Gasteiger partial charge in [0.25, 0.3) is 0 Å². The van der Waals surface area contributed by atoms with Crippen molar-refractivity contribution in [3.05, 3.63) is 40.9 Å². The number of hydrogen-bond donors (Lipinski definition) is 0. The standard InChI is InChI=1S/C20H23NS.ClH/c1-13-18(21-19(22-13)17-5-3-2-4-6-17)20-10-14-7-15(11-20)9-16(8-14)12-20;/h2-6,14-16H,7-12H2,1H3;1H. The zero-order valence-corrected chi connectivity index (χ0v) is 15.3. The number of rotatable bonds is 2. The second-order valence-electron chi connectivity index (χ2n) is 7.99. The van der Waals surface area contributed by atoms with Crippen LogP contribution in [0.3, 0.4) is 0 Å². The molecule has 0 amide bonds. The highest BCUT2D eigenvalue weighted by molar-refractivity contribution is 7.15. The van der Waals surface area contributed by atoms with Gasteiger partial charge in [-0.2, -0.15) is 0 Å². The quantitative estimate of drug-likeness (QED) is 0.649. The molecule has 0 spiro atoms. The lowest BCUT2D eigenvalue weighted by molar-refractivity contribution is -0.00715. The highest BCUT2D eigenvalue weighted by atomic mass is 35.5. The van der Waals surface area contributed by atoms with Gasteiger partial charge in [0.15, 0.2) is 0 Å². The van der Waals surface area contributed by atoms with Crippen LogP contribution in [0, 0.1) is 24.7 Å². The molecule has 4 bridgehead atoms. The summed E-state index contributed by atoms with van der Waals surface area (Å²) in [6.07, 6.45) is 8.77. The maximum Gasteiger partial charge on any atom is 0.123 e. The molecule has 0 unspecified atom stereocenters. The van der Waals surface area contributed by atoms with Crippen molar-refractivity contribution in [3.8, 4) is 10.6 Å². The Balaban J connectivity index is 0.00000135. The van der Waals surface area contributed by atoms with Crippen LogP contribution in [0.5, 0.6) is 0 Å². The fourth-order valence-electron chi connectivity index (χ4n) is 5.99. The SMILES string of the molecule is Cc1sc(-c2ccccc2)nc1C12CC3CC(CC(C3)C1)C2.Cl. The fraction of sp³-hybridized carbons (Fsp3) is 0.550. The normalized spacial score (nSPS) is 34.4. The number of benzene rings is 1. The van der Waals surface area contributed by atoms with E-state index in [1.165, 1.54) is 59.7 Å². The molecule has 0 aliphatic heterocycles. The minimum Gasteiger partial charge on any atom is -0.240 e. The minimum atomic E-state index is 0. The average molecular weight is 346 g/mol. The molecule has 1 aromatic carbocycles. The summed E-state index contributed by atoms with van der Waals surface area (Å²) in [5, 5.41) is 1.23. The second-order valence-corrected chi connectivity index (χ2v) is 9.19. The predicted octanol–water partition coefficient (Wildman–Crippen LogP) is 6.01. The predicted molar refractivity (Wildman–Crippen MR) is 99.4 cm³/mol. The van der Waals surface area contributed by atoms with Crippen LogP contribution in [0.1, 0.15) is 49.1 Å². The Hall–Kier alpha value is -0.860. The molecule has 1 heterocycles. The number of aromatic nitrogens is 1. The van der Waals surface area contributed by atoms with Crippen molar-refractivity contribution in [2.45, 2.75) is 50.9 Å². The van der Waals surface area contributed by atoms with Gasteiger partial charge in [0.05, 0.1) is 5.69 Å². The van der Waals surface area contributed by atoms with Crippen molar-refractivity contribution in [1.29, 1.82) is 0 Å². The summed E-state index contributed by atoms with van der Waals surface area (Å²) < 4.78 is 0. The number of aryl methyl sites for hydroxylation is 1. The maximum atomic E-state index is 5.19. The third kappa shape index (κ3) is 2.46. The van der Waals surface area contributed by atoms with Crippen LogP contribution >= 0.6 is 23.7 Å². The second kappa shape index (κ2) is 5.60. The Morgan fingerprint density at radius 2 is 1.52 bits per heavy atom. The van der Waals surface area contributed by atoms with Gasteiger partial charge in [0.2, 0.25) is 0 Å². The molecule has 6 rings (SSSR count). The van der Waals surface area contributed by atoms with Gasteiger partial charge < -0.3 is 0 Å². The van der Waals surface area contributed by atoms with Crippen LogP contribution in [0.2, 0.25) is 0 Å². The summed E-state index contributed by atoms with van der Waals surface area (Å²) in [6.45, 7) is 2.30. The molecular formula is C20H24ClNS. The van der Waals surface area contributed by atoms with Crippen LogP contribution < -0.4 is 0 Å². The van der Waals surface area contributed by atoms with Gasteiger partial charge in [-0.25, -0.2) is 4.98 Å². The van der Waals surface area contributed by atoms with Crippen molar-refractivity contribution in [1.82, 2.24) is 4.98 Å². The first-order chi connectivity index (χ1) is 10.7. The summed E-state index contributed by atoms with van der Waals surface area (Å²) in [5.41, 5.74) is 3.18. The molecule has 4 saturated carbocycles. The maximum absolute atomic E-state index is 5.19. The summed E-state index contributed by atoms with van der Waals surface area (Å²) in [6, 6.07) is 10.7. The van der Waals surface area contributed by atoms with Gasteiger partial charge in [-0.1, -0.05) is 30.3 Å². The van der Waals surface area contributed by atoms with Crippen molar-refractivity contribution in [2.24, 2.45) is 17.8 Å². The number of halogens is 1. The van der Waals surface area contributed by atoms with Gasteiger partial charge in [0.1, 0.15) is 5.01 Å². The Labute approximate surface area is 148 Å². The van der Waals surface area contributed by atoms with Gasteiger partial charge >= 0.3 is 0 Å². The molecule has 4 fully saturated rings. The van der Waals surface area contributed by atoms with Gasteiger partial charge in [0, 0.05) is 15.9 Å². The van der Waals surface area contributed by atoms with Gasteiger partial charge in [-0.3, -0.25) is 0 Å². The van der Waals surface area contributed by atoms with E-state index in [0.717, 1.165) is 17.8 Å². The van der Waals surface area contributed by atoms with E-state index < -0.39 is 0 Å². The lowest BCUT2D eigenvalue weighted by atomic mass is 9.48. The molecule has 4 aliphatic carbocycles. The molecular weight excluding hydrogens is 322 g/mol. The monoisotopic (exact) mass is 345 g/mol. The van der Waals surface area contributed by atoms with E-state index >= 15 is 0 Å². The summed E-state index contributed by atoms with van der Waals surface area (Å²) in [7, 11) is 0. The topological polar surface area (TPSA) is 12.9 Å². The first kappa shape index (κ1) is 15.7. The Kier molecular flexibility index (Phi) is 3.81. The molecule has 0 atom stereocenters. The summed E-state index contributed by atoms with van der Waals surface area (Å²) in [4.78, 5) is 6.66. The summed E-state index contributed by atoms with van der Waals surface area (Å²) >= 11 is 1.91. The molecule has 0 radical (unpaired) electrons. The Bertz CT molecular complexity index is 670. The third-order valence-electron chi connectivity index (χ3n) is 6.36. The minimum absolute atomic E-state index is 0. The highest BCUT2D eigenvalue weighted by Gasteiger charge is 2.53. The lowest BCUT2D eigenvalue weighted by Crippen LogP contribution is -2.49. The molecule has 1 nitrogen and oxygen atoms in total. The zero-order valence-electron chi connectivity index (χ0n) is 13.6. The fourth-order valence-corrected chi connectivity index (χ4v) is 7.03. The first-order valence-corrected chi connectivity index (χ1v) is 9.57. The van der Waals surface area contributed by atoms with Crippen LogP contribution in [0.25, 0.3) is 10.6 Å². The van der Waals surface area contributed by atoms with E-state index in [2.05, 4.69) is 37.3 Å². The molecule has 3 heteroatoms. The van der Waals surface area contributed by atoms with E-state index in [1.807, 2.05) is 11.3 Å². The van der Waals surface area contributed by atoms with Crippen LogP contribution in [0.4, 0.5) is 0 Å². The van der Waals surface area contributed by atoms with E-state index in [0.29, 0.717) is 5.41 Å². The van der Waals surface area contributed by atoms with Crippen LogP contribution in [-0.4, -0.2) is 4.98 Å². The molecule has 122 valence electrons. The van der Waals surface area contributed by atoms with Crippen molar-refractivity contribution in [2.75, 3.05) is 0 Å². The highest BCUT2D eigenvalue weighted by Crippen LogP contribution is 2.61. The van der Waals surface area contributed by atoms with Gasteiger partial charge in [-0.05, 0) is 63.2 Å². The molecule has 23 heavy (non-hydrogen) atoms. The van der Waals surface area contributed by atoms with E-state index in [1.54, 1.807) is 0 Å². The first-order valence-electron chi connectivity index (χ1n) is 8.75. The van der Waals surface area contributed by atoms with Crippen molar-refractivity contribution in [3.63, 3.8) is 0 Å².